The average Bonchev–Trinajstić information content (AvgIpc) is 2.73. The van der Waals surface area contributed by atoms with Crippen LogP contribution in [-0.4, -0.2) is 16.6 Å². The van der Waals surface area contributed by atoms with Crippen LogP contribution in [0.25, 0.3) is 0 Å². The molecule has 0 saturated carbocycles. The molecule has 2 N–H and O–H groups in total. The molecule has 0 aliphatic heterocycles. The highest BCUT2D eigenvalue weighted by Crippen LogP contribution is 2.35. The van der Waals surface area contributed by atoms with Crippen LogP contribution < -0.4 is 15.4 Å². The van der Waals surface area contributed by atoms with E-state index < -0.39 is 17.6 Å². The van der Waals surface area contributed by atoms with Gasteiger partial charge < -0.3 is 15.4 Å². The summed E-state index contributed by atoms with van der Waals surface area (Å²) < 4.78 is 45.7. The van der Waals surface area contributed by atoms with Gasteiger partial charge in [-0.1, -0.05) is 13.0 Å². The van der Waals surface area contributed by atoms with Crippen molar-refractivity contribution in [1.29, 1.82) is 5.26 Å². The molecule has 154 valence electrons. The van der Waals surface area contributed by atoms with E-state index in [0.717, 1.165) is 6.42 Å². The van der Waals surface area contributed by atoms with Crippen molar-refractivity contribution in [2.75, 3.05) is 17.2 Å². The minimum atomic E-state index is -4.65. The van der Waals surface area contributed by atoms with Crippen molar-refractivity contribution >= 4 is 23.1 Å². The Balaban J connectivity index is 1.86. The summed E-state index contributed by atoms with van der Waals surface area (Å²) in [6.45, 7) is 2.59. The molecule has 0 aliphatic rings. The number of nitrogens with zero attached hydrogens (tertiary/aromatic N) is 3. The van der Waals surface area contributed by atoms with E-state index in [1.54, 1.807) is 42.5 Å². The second-order valence-electron chi connectivity index (χ2n) is 6.27. The Bertz CT molecular complexity index is 1050. The molecule has 9 heteroatoms. The minimum absolute atomic E-state index is 0.0100. The van der Waals surface area contributed by atoms with Gasteiger partial charge in [0.1, 0.15) is 17.1 Å². The number of ether oxygens (including phenoxy) is 1. The molecule has 30 heavy (non-hydrogen) atoms. The van der Waals surface area contributed by atoms with Crippen LogP contribution in [0.5, 0.6) is 5.75 Å². The second kappa shape index (κ2) is 9.13. The molecule has 1 heterocycles. The van der Waals surface area contributed by atoms with Crippen LogP contribution >= 0.6 is 0 Å². The number of alkyl halides is 3. The maximum absolute atomic E-state index is 13.4. The third kappa shape index (κ3) is 5.38. The molecule has 0 saturated heterocycles. The van der Waals surface area contributed by atoms with E-state index in [2.05, 4.69) is 20.6 Å². The van der Waals surface area contributed by atoms with Gasteiger partial charge in [0.2, 0.25) is 5.95 Å². The van der Waals surface area contributed by atoms with Gasteiger partial charge in [0.25, 0.3) is 0 Å². The summed E-state index contributed by atoms with van der Waals surface area (Å²) in [5.74, 6) is 0.262. The molecule has 2 aromatic carbocycles. The molecule has 6 nitrogen and oxygen atoms in total. The molecule has 0 amide bonds. The Hall–Kier alpha value is -3.80. The van der Waals surface area contributed by atoms with Gasteiger partial charge in [0.15, 0.2) is 0 Å². The lowest BCUT2D eigenvalue weighted by Crippen LogP contribution is -2.12. The third-order valence-electron chi connectivity index (χ3n) is 3.93. The lowest BCUT2D eigenvalue weighted by molar-refractivity contribution is -0.137. The SMILES string of the molecule is CCCOc1ccc(Nc2ncc(C(F)(F)F)c(Nc3cccc(C#N)c3)n2)cc1. The molecule has 0 atom stereocenters. The van der Waals surface area contributed by atoms with Crippen molar-refractivity contribution in [3.8, 4) is 11.8 Å². The number of benzene rings is 2. The standard InChI is InChI=1S/C21H18F3N5O/c1-2-10-30-17-8-6-15(7-9-17)28-20-26-13-18(21(22,23)24)19(29-20)27-16-5-3-4-14(11-16)12-25/h3-9,11,13H,2,10H2,1H3,(H2,26,27,28,29). The topological polar surface area (TPSA) is 82.9 Å². The first-order valence-electron chi connectivity index (χ1n) is 9.10. The van der Waals surface area contributed by atoms with Crippen LogP contribution in [0.3, 0.4) is 0 Å². The first-order chi connectivity index (χ1) is 14.4. The Morgan fingerprint density at radius 3 is 2.50 bits per heavy atom. The highest BCUT2D eigenvalue weighted by Gasteiger charge is 2.35. The molecule has 0 aliphatic carbocycles. The zero-order valence-electron chi connectivity index (χ0n) is 16.0. The molecule has 0 unspecified atom stereocenters. The third-order valence-corrected chi connectivity index (χ3v) is 3.93. The van der Waals surface area contributed by atoms with E-state index >= 15 is 0 Å². The molecule has 0 spiro atoms. The summed E-state index contributed by atoms with van der Waals surface area (Å²) in [6, 6.07) is 15.0. The van der Waals surface area contributed by atoms with Crippen molar-refractivity contribution in [3.63, 3.8) is 0 Å². The first-order valence-corrected chi connectivity index (χ1v) is 9.10. The van der Waals surface area contributed by atoms with Crippen LogP contribution in [0.4, 0.5) is 36.3 Å². The Morgan fingerprint density at radius 1 is 1.07 bits per heavy atom. The van der Waals surface area contributed by atoms with E-state index in [0.29, 0.717) is 35.5 Å². The Kier molecular flexibility index (Phi) is 6.37. The van der Waals surface area contributed by atoms with Gasteiger partial charge in [-0.2, -0.15) is 23.4 Å². The zero-order chi connectivity index (χ0) is 21.6. The Morgan fingerprint density at radius 2 is 1.83 bits per heavy atom. The lowest BCUT2D eigenvalue weighted by Gasteiger charge is -2.15. The number of nitriles is 1. The van der Waals surface area contributed by atoms with E-state index in [1.165, 1.54) is 6.07 Å². The predicted octanol–water partition coefficient (Wildman–Crippen LogP) is 5.64. The molecule has 0 bridgehead atoms. The van der Waals surface area contributed by atoms with Crippen LogP contribution in [-0.2, 0) is 6.18 Å². The quantitative estimate of drug-likeness (QED) is 0.521. The summed E-state index contributed by atoms with van der Waals surface area (Å²) in [5, 5.41) is 14.5. The highest BCUT2D eigenvalue weighted by molar-refractivity contribution is 5.64. The molecular formula is C21H18F3N5O. The van der Waals surface area contributed by atoms with Crippen LogP contribution in [0.1, 0.15) is 24.5 Å². The second-order valence-corrected chi connectivity index (χ2v) is 6.27. The van der Waals surface area contributed by atoms with Crippen molar-refractivity contribution in [2.24, 2.45) is 0 Å². The monoisotopic (exact) mass is 413 g/mol. The summed E-state index contributed by atoms with van der Waals surface area (Å²) in [4.78, 5) is 7.77. The molecule has 1 aromatic heterocycles. The van der Waals surface area contributed by atoms with Crippen molar-refractivity contribution in [3.05, 3.63) is 65.9 Å². The summed E-state index contributed by atoms with van der Waals surface area (Å²) in [5.41, 5.74) is 0.197. The van der Waals surface area contributed by atoms with E-state index in [9.17, 15) is 13.2 Å². The maximum Gasteiger partial charge on any atom is 0.421 e. The fourth-order valence-corrected chi connectivity index (χ4v) is 2.53. The van der Waals surface area contributed by atoms with Crippen LogP contribution in [0.15, 0.2) is 54.7 Å². The lowest BCUT2D eigenvalue weighted by atomic mass is 10.2. The minimum Gasteiger partial charge on any atom is -0.494 e. The molecule has 3 rings (SSSR count). The van der Waals surface area contributed by atoms with Gasteiger partial charge in [-0.05, 0) is 48.9 Å². The number of anilines is 4. The predicted molar refractivity (Wildman–Crippen MR) is 107 cm³/mol. The molecule has 0 fully saturated rings. The van der Waals surface area contributed by atoms with Gasteiger partial charge in [0, 0.05) is 17.6 Å². The van der Waals surface area contributed by atoms with Gasteiger partial charge in [-0.3, -0.25) is 0 Å². The highest BCUT2D eigenvalue weighted by atomic mass is 19.4. The van der Waals surface area contributed by atoms with Crippen molar-refractivity contribution < 1.29 is 17.9 Å². The molecule has 3 aromatic rings. The van der Waals surface area contributed by atoms with Gasteiger partial charge in [-0.25, -0.2) is 4.98 Å². The van der Waals surface area contributed by atoms with Crippen molar-refractivity contribution in [1.82, 2.24) is 9.97 Å². The number of aromatic nitrogens is 2. The first kappa shape index (κ1) is 20.9. The summed E-state index contributed by atoms with van der Waals surface area (Å²) in [7, 11) is 0. The number of rotatable bonds is 7. The molecular weight excluding hydrogens is 395 g/mol. The molecule has 0 radical (unpaired) electrons. The van der Waals surface area contributed by atoms with E-state index in [-0.39, 0.29) is 5.95 Å². The maximum atomic E-state index is 13.4. The number of halogens is 3. The number of hydrogen-bond acceptors (Lipinski definition) is 6. The number of nitrogens with one attached hydrogen (secondary N) is 2. The normalized spacial score (nSPS) is 10.9. The smallest absolute Gasteiger partial charge is 0.421 e. The van der Waals surface area contributed by atoms with Crippen LogP contribution in [0, 0.1) is 11.3 Å². The largest absolute Gasteiger partial charge is 0.494 e. The average molecular weight is 413 g/mol. The fraction of sp³-hybridized carbons (Fsp3) is 0.190. The fourth-order valence-electron chi connectivity index (χ4n) is 2.53. The van der Waals surface area contributed by atoms with Crippen molar-refractivity contribution in [2.45, 2.75) is 19.5 Å². The van der Waals surface area contributed by atoms with E-state index in [4.69, 9.17) is 10.00 Å². The van der Waals surface area contributed by atoms with Crippen LogP contribution in [0.2, 0.25) is 0 Å². The van der Waals surface area contributed by atoms with Gasteiger partial charge >= 0.3 is 6.18 Å². The zero-order valence-corrected chi connectivity index (χ0v) is 16.0. The van der Waals surface area contributed by atoms with Gasteiger partial charge in [0.05, 0.1) is 18.2 Å². The van der Waals surface area contributed by atoms with Gasteiger partial charge in [-0.15, -0.1) is 0 Å². The van der Waals surface area contributed by atoms with E-state index in [1.807, 2.05) is 13.0 Å². The Labute approximate surface area is 171 Å². The summed E-state index contributed by atoms with van der Waals surface area (Å²) >= 11 is 0. The summed E-state index contributed by atoms with van der Waals surface area (Å²) in [6.07, 6.45) is -3.05. The number of hydrogen-bond donors (Lipinski definition) is 2.